The summed E-state index contributed by atoms with van der Waals surface area (Å²) in [6.07, 6.45) is 4.27. The first-order valence-corrected chi connectivity index (χ1v) is 11.7. The minimum absolute atomic E-state index is 0.112. The number of benzene rings is 1. The van der Waals surface area contributed by atoms with E-state index in [2.05, 4.69) is 15.0 Å². The molecule has 30 heavy (non-hydrogen) atoms. The molecular weight excluding hydrogens is 424 g/mol. The summed E-state index contributed by atoms with van der Waals surface area (Å²) in [4.78, 5) is 28.6. The lowest BCUT2D eigenvalue weighted by Gasteiger charge is -2.09. The van der Waals surface area contributed by atoms with Crippen molar-refractivity contribution < 1.29 is 13.2 Å². The number of amides is 1. The van der Waals surface area contributed by atoms with E-state index in [-0.39, 0.29) is 16.5 Å². The van der Waals surface area contributed by atoms with Gasteiger partial charge in [-0.05, 0) is 54.6 Å². The van der Waals surface area contributed by atoms with Crippen LogP contribution in [0.25, 0.3) is 0 Å². The smallest absolute Gasteiger partial charge is 0.347 e. The molecule has 10 heteroatoms. The number of hydrogen-bond acceptors (Lipinski definition) is 6. The largest absolute Gasteiger partial charge is 0.352 e. The van der Waals surface area contributed by atoms with Crippen molar-refractivity contribution >= 4 is 27.3 Å². The van der Waals surface area contributed by atoms with Gasteiger partial charge in [0, 0.05) is 42.5 Å². The van der Waals surface area contributed by atoms with Gasteiger partial charge in [-0.15, -0.1) is 11.3 Å². The average molecular weight is 447 g/mol. The molecule has 2 heterocycles. The first kappa shape index (κ1) is 21.9. The second-order valence-electron chi connectivity index (χ2n) is 6.46. The van der Waals surface area contributed by atoms with E-state index >= 15 is 0 Å². The molecule has 0 saturated heterocycles. The van der Waals surface area contributed by atoms with Crippen LogP contribution in [0, 0.1) is 0 Å². The summed E-state index contributed by atoms with van der Waals surface area (Å²) in [6.45, 7) is 1.14. The number of nitrogens with zero attached hydrogens (tertiary/aromatic N) is 2. The van der Waals surface area contributed by atoms with Crippen molar-refractivity contribution in [3.05, 3.63) is 81.2 Å². The predicted octanol–water partition coefficient (Wildman–Crippen LogP) is 1.65. The fourth-order valence-corrected chi connectivity index (χ4v) is 4.48. The maximum absolute atomic E-state index is 12.4. The Morgan fingerprint density at radius 2 is 1.90 bits per heavy atom. The lowest BCUT2D eigenvalue weighted by atomic mass is 10.2. The zero-order valence-corrected chi connectivity index (χ0v) is 17.8. The number of thiophene rings is 1. The van der Waals surface area contributed by atoms with Crippen molar-refractivity contribution in [2.75, 3.05) is 13.1 Å². The van der Waals surface area contributed by atoms with Gasteiger partial charge in [-0.3, -0.25) is 9.36 Å². The van der Waals surface area contributed by atoms with Gasteiger partial charge in [0.15, 0.2) is 0 Å². The zero-order chi connectivity index (χ0) is 21.4. The van der Waals surface area contributed by atoms with Gasteiger partial charge in [-0.25, -0.2) is 22.9 Å². The Kier molecular flexibility index (Phi) is 7.50. The van der Waals surface area contributed by atoms with Gasteiger partial charge in [0.2, 0.25) is 10.0 Å². The molecule has 0 aliphatic heterocycles. The maximum atomic E-state index is 12.4. The Labute approximate surface area is 178 Å². The minimum Gasteiger partial charge on any atom is -0.352 e. The number of carbonyl (C=O) groups is 1. The Morgan fingerprint density at radius 1 is 1.10 bits per heavy atom. The fraction of sp³-hybridized carbons (Fsp3) is 0.250. The molecule has 2 N–H and O–H groups in total. The molecule has 158 valence electrons. The van der Waals surface area contributed by atoms with Crippen molar-refractivity contribution in [1.82, 2.24) is 19.6 Å². The van der Waals surface area contributed by atoms with E-state index in [1.165, 1.54) is 35.0 Å². The molecule has 0 saturated carbocycles. The van der Waals surface area contributed by atoms with Gasteiger partial charge in [-0.2, -0.15) is 0 Å². The second-order valence-corrected chi connectivity index (χ2v) is 9.26. The van der Waals surface area contributed by atoms with E-state index in [1.54, 1.807) is 23.6 Å². The maximum Gasteiger partial charge on any atom is 0.347 e. The third-order valence-electron chi connectivity index (χ3n) is 4.31. The standard InChI is InChI=1S/C20H22N4O4S2/c25-19(21-10-2-13-24-14-3-11-22-20(24)26)16-5-7-18(8-6-16)30(27,28)23-12-9-17-4-1-15-29-17/h1,3-8,11,14-15,23H,2,9-10,12-13H2,(H,21,25). The zero-order valence-electron chi connectivity index (χ0n) is 16.2. The summed E-state index contributed by atoms with van der Waals surface area (Å²) in [5.74, 6) is -0.303. The highest BCUT2D eigenvalue weighted by Gasteiger charge is 2.14. The fourth-order valence-electron chi connectivity index (χ4n) is 2.74. The number of aryl methyl sites for hydroxylation is 1. The molecule has 1 amide bonds. The van der Waals surface area contributed by atoms with Crippen molar-refractivity contribution in [3.8, 4) is 0 Å². The molecule has 0 fully saturated rings. The number of aromatic nitrogens is 2. The molecule has 0 atom stereocenters. The highest BCUT2D eigenvalue weighted by atomic mass is 32.2. The highest BCUT2D eigenvalue weighted by molar-refractivity contribution is 7.89. The molecule has 1 aromatic carbocycles. The summed E-state index contributed by atoms with van der Waals surface area (Å²) in [7, 11) is -3.63. The summed E-state index contributed by atoms with van der Waals surface area (Å²) in [5, 5.41) is 4.71. The molecule has 0 aliphatic rings. The third kappa shape index (κ3) is 6.09. The number of nitrogens with one attached hydrogen (secondary N) is 2. The predicted molar refractivity (Wildman–Crippen MR) is 115 cm³/mol. The van der Waals surface area contributed by atoms with Crippen LogP contribution in [-0.2, 0) is 23.0 Å². The quantitative estimate of drug-likeness (QED) is 0.460. The third-order valence-corrected chi connectivity index (χ3v) is 6.73. The first-order valence-electron chi connectivity index (χ1n) is 9.37. The summed E-state index contributed by atoms with van der Waals surface area (Å²) in [5.41, 5.74) is 0.0377. The van der Waals surface area contributed by atoms with Crippen LogP contribution < -0.4 is 15.7 Å². The number of rotatable bonds is 10. The van der Waals surface area contributed by atoms with Crippen LogP contribution >= 0.6 is 11.3 Å². The van der Waals surface area contributed by atoms with Gasteiger partial charge < -0.3 is 5.32 Å². The molecule has 2 aromatic heterocycles. The Hall–Kier alpha value is -2.82. The highest BCUT2D eigenvalue weighted by Crippen LogP contribution is 2.12. The van der Waals surface area contributed by atoms with Gasteiger partial charge in [0.05, 0.1) is 4.90 Å². The van der Waals surface area contributed by atoms with Crippen molar-refractivity contribution in [2.45, 2.75) is 24.3 Å². The normalized spacial score (nSPS) is 11.3. The van der Waals surface area contributed by atoms with Crippen molar-refractivity contribution in [1.29, 1.82) is 0 Å². The molecule has 8 nitrogen and oxygen atoms in total. The van der Waals surface area contributed by atoms with Crippen LogP contribution in [0.3, 0.4) is 0 Å². The van der Waals surface area contributed by atoms with Crippen LogP contribution in [0.1, 0.15) is 21.7 Å². The number of carbonyl (C=O) groups excluding carboxylic acids is 1. The monoisotopic (exact) mass is 446 g/mol. The first-order chi connectivity index (χ1) is 14.5. The topological polar surface area (TPSA) is 110 Å². The molecule has 3 aromatic rings. The Balaban J connectivity index is 1.47. The van der Waals surface area contributed by atoms with E-state index in [0.29, 0.717) is 38.0 Å². The molecule has 0 unspecified atom stereocenters. The lowest BCUT2D eigenvalue weighted by Crippen LogP contribution is -2.28. The second kappa shape index (κ2) is 10.3. The summed E-state index contributed by atoms with van der Waals surface area (Å²) >= 11 is 1.58. The van der Waals surface area contributed by atoms with Gasteiger partial charge in [-0.1, -0.05) is 6.07 Å². The SMILES string of the molecule is O=C(NCCCn1cccnc1=O)c1ccc(S(=O)(=O)NCCc2cccs2)cc1. The van der Waals surface area contributed by atoms with E-state index in [4.69, 9.17) is 0 Å². The molecule has 0 radical (unpaired) electrons. The van der Waals surface area contributed by atoms with Crippen LogP contribution in [0.4, 0.5) is 0 Å². The molecule has 0 spiro atoms. The van der Waals surface area contributed by atoms with Crippen molar-refractivity contribution in [3.63, 3.8) is 0 Å². The van der Waals surface area contributed by atoms with E-state index in [1.807, 2.05) is 17.5 Å². The van der Waals surface area contributed by atoms with Gasteiger partial charge in [0.25, 0.3) is 5.91 Å². The lowest BCUT2D eigenvalue weighted by molar-refractivity contribution is 0.0952. The van der Waals surface area contributed by atoms with Crippen LogP contribution in [-0.4, -0.2) is 37.0 Å². The number of sulfonamides is 1. The van der Waals surface area contributed by atoms with Gasteiger partial charge in [0.1, 0.15) is 0 Å². The van der Waals surface area contributed by atoms with Crippen LogP contribution in [0.15, 0.2) is 69.9 Å². The number of hydrogen-bond donors (Lipinski definition) is 2. The molecular formula is C20H22N4O4S2. The summed E-state index contributed by atoms with van der Waals surface area (Å²) in [6, 6.07) is 11.4. The molecule has 0 bridgehead atoms. The average Bonchev–Trinajstić information content (AvgIpc) is 3.26. The van der Waals surface area contributed by atoms with Crippen molar-refractivity contribution in [2.24, 2.45) is 0 Å². The van der Waals surface area contributed by atoms with E-state index < -0.39 is 10.0 Å². The minimum atomic E-state index is -3.63. The Bertz CT molecular complexity index is 1120. The molecule has 3 rings (SSSR count). The Morgan fingerprint density at radius 3 is 2.60 bits per heavy atom. The van der Waals surface area contributed by atoms with Crippen LogP contribution in [0.2, 0.25) is 0 Å². The van der Waals surface area contributed by atoms with Crippen LogP contribution in [0.5, 0.6) is 0 Å². The summed E-state index contributed by atoms with van der Waals surface area (Å²) < 4.78 is 28.8. The van der Waals surface area contributed by atoms with Gasteiger partial charge >= 0.3 is 5.69 Å². The van der Waals surface area contributed by atoms with E-state index in [0.717, 1.165) is 4.88 Å². The van der Waals surface area contributed by atoms with E-state index in [9.17, 15) is 18.0 Å². The molecule has 0 aliphatic carbocycles.